The first kappa shape index (κ1) is 15.9. The number of carbonyl (C=O) groups is 1. The van der Waals surface area contributed by atoms with Gasteiger partial charge in [0.1, 0.15) is 11.3 Å². The molecule has 0 saturated heterocycles. The summed E-state index contributed by atoms with van der Waals surface area (Å²) in [6.45, 7) is 0. The highest BCUT2D eigenvalue weighted by Crippen LogP contribution is 2.31. The molecule has 1 aromatic heterocycles. The van der Waals surface area contributed by atoms with Gasteiger partial charge in [0.25, 0.3) is 5.91 Å². The molecule has 5 heteroatoms. The molecule has 0 bridgehead atoms. The number of methoxy groups -OCH3 is 1. The highest BCUT2D eigenvalue weighted by atomic mass is 16.5. The molecule has 26 heavy (non-hydrogen) atoms. The van der Waals surface area contributed by atoms with Crippen molar-refractivity contribution < 1.29 is 13.9 Å². The van der Waals surface area contributed by atoms with Crippen molar-refractivity contribution in [1.29, 1.82) is 0 Å². The zero-order valence-corrected chi connectivity index (χ0v) is 14.1. The van der Waals surface area contributed by atoms with E-state index in [0.29, 0.717) is 39.6 Å². The summed E-state index contributed by atoms with van der Waals surface area (Å²) in [4.78, 5) is 17.0. The molecule has 0 radical (unpaired) electrons. The Morgan fingerprint density at radius 1 is 1.00 bits per heavy atom. The molecule has 0 saturated carbocycles. The lowest BCUT2D eigenvalue weighted by Gasteiger charge is -2.08. The Bertz CT molecular complexity index is 1070. The fourth-order valence-electron chi connectivity index (χ4n) is 2.71. The Labute approximate surface area is 150 Å². The van der Waals surface area contributed by atoms with Crippen molar-refractivity contribution in [2.45, 2.75) is 0 Å². The predicted molar refractivity (Wildman–Crippen MR) is 100 cm³/mol. The number of hydrogen-bond donors (Lipinski definition) is 1. The van der Waals surface area contributed by atoms with Gasteiger partial charge in [-0.3, -0.25) is 4.79 Å². The lowest BCUT2D eigenvalue weighted by molar-refractivity contribution is 0.102. The van der Waals surface area contributed by atoms with E-state index in [-0.39, 0.29) is 5.91 Å². The van der Waals surface area contributed by atoms with Gasteiger partial charge in [-0.2, -0.15) is 0 Å². The predicted octanol–water partition coefficient (Wildman–Crippen LogP) is 4.76. The molecule has 3 aromatic carbocycles. The van der Waals surface area contributed by atoms with Crippen LogP contribution in [0.2, 0.25) is 0 Å². The maximum atomic E-state index is 12.5. The van der Waals surface area contributed by atoms with E-state index >= 15 is 0 Å². The van der Waals surface area contributed by atoms with Crippen LogP contribution in [0.15, 0.2) is 77.2 Å². The van der Waals surface area contributed by atoms with E-state index in [9.17, 15) is 4.79 Å². The average molecular weight is 344 g/mol. The third kappa shape index (κ3) is 3.02. The van der Waals surface area contributed by atoms with Crippen LogP contribution in [-0.2, 0) is 0 Å². The maximum Gasteiger partial charge on any atom is 0.255 e. The van der Waals surface area contributed by atoms with Crippen molar-refractivity contribution in [2.24, 2.45) is 0 Å². The SMILES string of the molecule is COc1ccc2oc(-c3ccccc3NC(=O)c3ccccc3)nc2c1. The Kier molecular flexibility index (Phi) is 4.11. The number of amides is 1. The van der Waals surface area contributed by atoms with E-state index < -0.39 is 0 Å². The molecule has 1 heterocycles. The van der Waals surface area contributed by atoms with Gasteiger partial charge in [0.15, 0.2) is 5.58 Å². The van der Waals surface area contributed by atoms with Gasteiger partial charge in [0.05, 0.1) is 18.4 Å². The number of hydrogen-bond acceptors (Lipinski definition) is 4. The average Bonchev–Trinajstić information content (AvgIpc) is 3.12. The van der Waals surface area contributed by atoms with E-state index in [1.54, 1.807) is 19.2 Å². The first-order chi connectivity index (χ1) is 12.7. The van der Waals surface area contributed by atoms with Crippen molar-refractivity contribution in [3.63, 3.8) is 0 Å². The topological polar surface area (TPSA) is 64.4 Å². The Balaban J connectivity index is 1.71. The maximum absolute atomic E-state index is 12.5. The Morgan fingerprint density at radius 2 is 1.77 bits per heavy atom. The van der Waals surface area contributed by atoms with Crippen molar-refractivity contribution in [3.05, 3.63) is 78.4 Å². The smallest absolute Gasteiger partial charge is 0.255 e. The van der Waals surface area contributed by atoms with Crippen molar-refractivity contribution >= 4 is 22.7 Å². The van der Waals surface area contributed by atoms with Crippen LogP contribution in [-0.4, -0.2) is 18.0 Å². The highest BCUT2D eigenvalue weighted by molar-refractivity contribution is 6.06. The number of rotatable bonds is 4. The van der Waals surface area contributed by atoms with E-state index in [1.165, 1.54) is 0 Å². The highest BCUT2D eigenvalue weighted by Gasteiger charge is 2.15. The van der Waals surface area contributed by atoms with Gasteiger partial charge in [-0.15, -0.1) is 0 Å². The molecule has 0 atom stereocenters. The summed E-state index contributed by atoms with van der Waals surface area (Å²) < 4.78 is 11.1. The molecule has 0 aliphatic rings. The van der Waals surface area contributed by atoms with Crippen molar-refractivity contribution in [2.75, 3.05) is 12.4 Å². The fourth-order valence-corrected chi connectivity index (χ4v) is 2.71. The van der Waals surface area contributed by atoms with E-state index in [1.807, 2.05) is 60.7 Å². The number of carbonyl (C=O) groups excluding carboxylic acids is 1. The first-order valence-electron chi connectivity index (χ1n) is 8.15. The van der Waals surface area contributed by atoms with Crippen LogP contribution in [0.25, 0.3) is 22.6 Å². The third-order valence-corrected chi connectivity index (χ3v) is 4.04. The summed E-state index contributed by atoms with van der Waals surface area (Å²) >= 11 is 0. The second-order valence-electron chi connectivity index (χ2n) is 5.72. The van der Waals surface area contributed by atoms with Crippen LogP contribution < -0.4 is 10.1 Å². The third-order valence-electron chi connectivity index (χ3n) is 4.04. The molecule has 128 valence electrons. The Hall–Kier alpha value is -3.60. The minimum atomic E-state index is -0.184. The summed E-state index contributed by atoms with van der Waals surface area (Å²) in [6, 6.07) is 21.9. The van der Waals surface area contributed by atoms with Crippen LogP contribution in [0.5, 0.6) is 5.75 Å². The van der Waals surface area contributed by atoms with Gasteiger partial charge in [-0.25, -0.2) is 4.98 Å². The monoisotopic (exact) mass is 344 g/mol. The summed E-state index contributed by atoms with van der Waals surface area (Å²) in [5.74, 6) is 0.969. The Morgan fingerprint density at radius 3 is 2.58 bits per heavy atom. The number of anilines is 1. The quantitative estimate of drug-likeness (QED) is 0.580. The van der Waals surface area contributed by atoms with Crippen LogP contribution in [0.1, 0.15) is 10.4 Å². The lowest BCUT2D eigenvalue weighted by atomic mass is 10.1. The number of benzene rings is 3. The lowest BCUT2D eigenvalue weighted by Crippen LogP contribution is -2.12. The summed E-state index contributed by atoms with van der Waals surface area (Å²) in [7, 11) is 1.61. The molecule has 1 amide bonds. The number of oxazole rings is 1. The van der Waals surface area contributed by atoms with Gasteiger partial charge in [0.2, 0.25) is 5.89 Å². The summed E-state index contributed by atoms with van der Waals surface area (Å²) in [5, 5.41) is 2.93. The molecule has 0 aliphatic heterocycles. The molecule has 0 spiro atoms. The number of aromatic nitrogens is 1. The molecule has 4 aromatic rings. The minimum Gasteiger partial charge on any atom is -0.497 e. The zero-order valence-electron chi connectivity index (χ0n) is 14.1. The van der Waals surface area contributed by atoms with Gasteiger partial charge in [0, 0.05) is 11.6 Å². The second kappa shape index (κ2) is 6.72. The van der Waals surface area contributed by atoms with Gasteiger partial charge in [-0.05, 0) is 36.4 Å². The molecule has 5 nitrogen and oxygen atoms in total. The van der Waals surface area contributed by atoms with E-state index in [2.05, 4.69) is 10.3 Å². The van der Waals surface area contributed by atoms with Gasteiger partial charge < -0.3 is 14.5 Å². The van der Waals surface area contributed by atoms with Crippen LogP contribution in [0.3, 0.4) is 0 Å². The number of fused-ring (bicyclic) bond motifs is 1. The number of nitrogens with one attached hydrogen (secondary N) is 1. The molecular weight excluding hydrogens is 328 g/mol. The van der Waals surface area contributed by atoms with Gasteiger partial charge >= 0.3 is 0 Å². The second-order valence-corrected chi connectivity index (χ2v) is 5.72. The van der Waals surface area contributed by atoms with Crippen LogP contribution >= 0.6 is 0 Å². The summed E-state index contributed by atoms with van der Waals surface area (Å²) in [6.07, 6.45) is 0. The van der Waals surface area contributed by atoms with Crippen LogP contribution in [0, 0.1) is 0 Å². The number of ether oxygens (including phenoxy) is 1. The van der Waals surface area contributed by atoms with E-state index in [4.69, 9.17) is 9.15 Å². The van der Waals surface area contributed by atoms with Crippen molar-refractivity contribution in [3.8, 4) is 17.2 Å². The molecule has 0 fully saturated rings. The van der Waals surface area contributed by atoms with Crippen LogP contribution in [0.4, 0.5) is 5.69 Å². The normalized spacial score (nSPS) is 10.7. The van der Waals surface area contributed by atoms with Crippen molar-refractivity contribution in [1.82, 2.24) is 4.98 Å². The number of nitrogens with zero attached hydrogens (tertiary/aromatic N) is 1. The van der Waals surface area contributed by atoms with Gasteiger partial charge in [-0.1, -0.05) is 30.3 Å². The van der Waals surface area contributed by atoms with E-state index in [0.717, 1.165) is 0 Å². The first-order valence-corrected chi connectivity index (χ1v) is 8.15. The molecule has 0 unspecified atom stereocenters. The largest absolute Gasteiger partial charge is 0.497 e. The molecule has 0 aliphatic carbocycles. The standard InChI is InChI=1S/C21H16N2O3/c1-25-15-11-12-19-18(13-15)23-21(26-19)16-9-5-6-10-17(16)22-20(24)14-7-3-2-4-8-14/h2-13H,1H3,(H,22,24). The fraction of sp³-hybridized carbons (Fsp3) is 0.0476. The minimum absolute atomic E-state index is 0.184. The molecular formula is C21H16N2O3. The number of para-hydroxylation sites is 1. The zero-order chi connectivity index (χ0) is 17.9. The molecule has 4 rings (SSSR count). The molecule has 1 N–H and O–H groups in total. The summed E-state index contributed by atoms with van der Waals surface area (Å²) in [5.41, 5.74) is 3.30.